The maximum absolute atomic E-state index is 13.4. The summed E-state index contributed by atoms with van der Waals surface area (Å²) in [7, 11) is 1.61. The smallest absolute Gasteiger partial charge is 0.258 e. The van der Waals surface area contributed by atoms with Crippen molar-refractivity contribution in [3.05, 3.63) is 23.8 Å². The van der Waals surface area contributed by atoms with Gasteiger partial charge in [-0.2, -0.15) is 0 Å². The summed E-state index contributed by atoms with van der Waals surface area (Å²) in [6, 6.07) is 5.85. The molecule has 2 aliphatic heterocycles. The third kappa shape index (κ3) is 3.47. The lowest BCUT2D eigenvalue weighted by molar-refractivity contribution is -0.157. The average Bonchev–Trinajstić information content (AvgIpc) is 2.78. The molecule has 0 radical (unpaired) electrons. The lowest BCUT2D eigenvalue weighted by Crippen LogP contribution is -2.67. The number of hydrogen-bond acceptors (Lipinski definition) is 5. The van der Waals surface area contributed by atoms with Crippen LogP contribution in [0.3, 0.4) is 0 Å². The lowest BCUT2D eigenvalue weighted by atomic mass is 9.59. The van der Waals surface area contributed by atoms with Gasteiger partial charge in [0.05, 0.1) is 12.7 Å². The van der Waals surface area contributed by atoms with Gasteiger partial charge in [0.25, 0.3) is 5.91 Å². The molecule has 7 heteroatoms. The number of nitrogens with one attached hydrogen (secondary N) is 1. The molecule has 1 aromatic carbocycles. The van der Waals surface area contributed by atoms with Crippen LogP contribution in [0.15, 0.2) is 18.2 Å². The van der Waals surface area contributed by atoms with E-state index < -0.39 is 5.72 Å². The molecule has 4 atom stereocenters. The highest BCUT2D eigenvalue weighted by atomic mass is 16.5. The first-order valence-corrected chi connectivity index (χ1v) is 11.6. The van der Waals surface area contributed by atoms with Gasteiger partial charge in [0.1, 0.15) is 11.5 Å². The molecule has 6 rings (SSSR count). The van der Waals surface area contributed by atoms with E-state index in [1.807, 2.05) is 0 Å². The Hall–Kier alpha value is -2.28. The van der Waals surface area contributed by atoms with E-state index >= 15 is 0 Å². The summed E-state index contributed by atoms with van der Waals surface area (Å²) < 4.78 is 11.8. The molecule has 7 nitrogen and oxygen atoms in total. The van der Waals surface area contributed by atoms with Gasteiger partial charge in [0.2, 0.25) is 5.91 Å². The molecular weight excluding hydrogens is 394 g/mol. The average molecular weight is 428 g/mol. The Morgan fingerprint density at radius 2 is 2.00 bits per heavy atom. The molecule has 0 unspecified atom stereocenters. The van der Waals surface area contributed by atoms with E-state index in [4.69, 9.17) is 9.47 Å². The maximum atomic E-state index is 13.4. The van der Waals surface area contributed by atoms with E-state index in [0.29, 0.717) is 35.4 Å². The number of amides is 2. The first-order chi connectivity index (χ1) is 14.9. The van der Waals surface area contributed by atoms with Crippen LogP contribution in [0.1, 0.15) is 49.9 Å². The lowest BCUT2D eigenvalue weighted by Gasteiger charge is -2.55. The number of methoxy groups -OCH3 is 1. The van der Waals surface area contributed by atoms with Crippen molar-refractivity contribution in [3.63, 3.8) is 0 Å². The Balaban J connectivity index is 1.31. The normalized spacial score (nSPS) is 32.6. The largest absolute Gasteiger partial charge is 0.497 e. The highest BCUT2D eigenvalue weighted by Gasteiger charge is 2.57. The van der Waals surface area contributed by atoms with Crippen molar-refractivity contribution < 1.29 is 19.1 Å². The Morgan fingerprint density at radius 3 is 2.65 bits per heavy atom. The first-order valence-electron chi connectivity index (χ1n) is 11.6. The summed E-state index contributed by atoms with van der Waals surface area (Å²) in [6.07, 6.45) is 3.49. The number of nitrogens with zero attached hydrogens (tertiary/aromatic N) is 2. The summed E-state index contributed by atoms with van der Waals surface area (Å²) in [4.78, 5) is 30.8. The van der Waals surface area contributed by atoms with Crippen LogP contribution in [0.25, 0.3) is 0 Å². The van der Waals surface area contributed by atoms with Crippen molar-refractivity contribution in [1.82, 2.24) is 15.1 Å². The van der Waals surface area contributed by atoms with Crippen molar-refractivity contribution in [2.24, 2.45) is 17.8 Å². The van der Waals surface area contributed by atoms with Gasteiger partial charge in [0, 0.05) is 56.5 Å². The van der Waals surface area contributed by atoms with Gasteiger partial charge < -0.3 is 19.7 Å². The SMILES string of the molecule is COc1ccc2c(c1)O[C@]1(C[C@H]3CC[C@@H]1C[C@H]3C(=O)N1CCN(C(C)C)CC1)NC2=O. The molecule has 3 saturated carbocycles. The van der Waals surface area contributed by atoms with Crippen LogP contribution in [-0.2, 0) is 4.79 Å². The molecule has 31 heavy (non-hydrogen) atoms. The molecule has 1 saturated heterocycles. The predicted molar refractivity (Wildman–Crippen MR) is 116 cm³/mol. The van der Waals surface area contributed by atoms with Crippen molar-refractivity contribution in [2.75, 3.05) is 33.3 Å². The molecule has 3 aliphatic carbocycles. The fourth-order valence-corrected chi connectivity index (χ4v) is 6.11. The van der Waals surface area contributed by atoms with Crippen molar-refractivity contribution in [2.45, 2.75) is 51.3 Å². The van der Waals surface area contributed by atoms with E-state index in [9.17, 15) is 9.59 Å². The third-order valence-corrected chi connectivity index (χ3v) is 7.94. The molecule has 2 bridgehead atoms. The van der Waals surface area contributed by atoms with E-state index in [0.717, 1.165) is 45.4 Å². The third-order valence-electron chi connectivity index (χ3n) is 7.94. The summed E-state index contributed by atoms with van der Waals surface area (Å²) in [5.74, 6) is 1.91. The zero-order chi connectivity index (χ0) is 21.8. The maximum Gasteiger partial charge on any atom is 0.258 e. The van der Waals surface area contributed by atoms with Gasteiger partial charge in [0.15, 0.2) is 5.72 Å². The standard InChI is InChI=1S/C24H33N3O4/c1-15(2)26-8-10-27(11-9-26)23(29)20-12-17-5-4-16(20)14-24(17)25-22(28)19-7-6-18(30-3)13-21(19)31-24/h6-7,13,15-17,20H,4-5,8-12,14H2,1-3H3,(H,25,28)/t16-,17-,20-,24+/m1/s1. The molecule has 0 aromatic heterocycles. The molecule has 5 aliphatic rings. The predicted octanol–water partition coefficient (Wildman–Crippen LogP) is 2.50. The van der Waals surface area contributed by atoms with E-state index in [1.165, 1.54) is 0 Å². The minimum atomic E-state index is -0.702. The Labute approximate surface area is 184 Å². The molecule has 1 aromatic rings. The number of rotatable bonds is 3. The van der Waals surface area contributed by atoms with Gasteiger partial charge in [-0.05, 0) is 51.2 Å². The van der Waals surface area contributed by atoms with Crippen molar-refractivity contribution in [1.29, 1.82) is 0 Å². The van der Waals surface area contributed by atoms with Gasteiger partial charge in [-0.15, -0.1) is 0 Å². The van der Waals surface area contributed by atoms with Crippen LogP contribution in [0.5, 0.6) is 11.5 Å². The second-order valence-electron chi connectivity index (χ2n) is 9.84. The fourth-order valence-electron chi connectivity index (χ4n) is 6.11. The number of fused-ring (bicyclic) bond motifs is 3. The minimum Gasteiger partial charge on any atom is -0.497 e. The molecule has 2 amide bonds. The second kappa shape index (κ2) is 7.69. The molecule has 1 spiro atoms. The summed E-state index contributed by atoms with van der Waals surface area (Å²) in [5.41, 5.74) is -0.157. The first kappa shape index (κ1) is 20.6. The Kier molecular flexibility index (Phi) is 5.12. The molecular formula is C24H33N3O4. The highest BCUT2D eigenvalue weighted by molar-refractivity contribution is 5.98. The highest BCUT2D eigenvalue weighted by Crippen LogP contribution is 2.53. The summed E-state index contributed by atoms with van der Waals surface area (Å²) >= 11 is 0. The van der Waals surface area contributed by atoms with Crippen LogP contribution in [-0.4, -0.2) is 66.7 Å². The van der Waals surface area contributed by atoms with Crippen LogP contribution >= 0.6 is 0 Å². The fraction of sp³-hybridized carbons (Fsp3) is 0.667. The van der Waals surface area contributed by atoms with E-state index in [-0.39, 0.29) is 23.7 Å². The van der Waals surface area contributed by atoms with Crippen LogP contribution < -0.4 is 14.8 Å². The molecule has 1 N–H and O–H groups in total. The van der Waals surface area contributed by atoms with Crippen LogP contribution in [0.4, 0.5) is 0 Å². The van der Waals surface area contributed by atoms with Gasteiger partial charge in [-0.3, -0.25) is 14.5 Å². The Bertz CT molecular complexity index is 880. The second-order valence-corrected chi connectivity index (χ2v) is 9.84. The van der Waals surface area contributed by atoms with Crippen molar-refractivity contribution in [3.8, 4) is 11.5 Å². The monoisotopic (exact) mass is 427 g/mol. The zero-order valence-electron chi connectivity index (χ0n) is 18.7. The number of piperazine rings is 1. The number of ether oxygens (including phenoxy) is 2. The summed E-state index contributed by atoms with van der Waals surface area (Å²) in [5, 5.41) is 3.18. The molecule has 2 heterocycles. The quantitative estimate of drug-likeness (QED) is 0.803. The van der Waals surface area contributed by atoms with Crippen molar-refractivity contribution >= 4 is 11.8 Å². The topological polar surface area (TPSA) is 71.1 Å². The van der Waals surface area contributed by atoms with Crippen LogP contribution in [0.2, 0.25) is 0 Å². The van der Waals surface area contributed by atoms with E-state index in [1.54, 1.807) is 25.3 Å². The zero-order valence-corrected chi connectivity index (χ0v) is 18.7. The number of hydrogen-bond donors (Lipinski definition) is 1. The number of carbonyl (C=O) groups excluding carboxylic acids is 2. The van der Waals surface area contributed by atoms with Gasteiger partial charge in [-0.25, -0.2) is 0 Å². The van der Waals surface area contributed by atoms with Gasteiger partial charge in [-0.1, -0.05) is 0 Å². The van der Waals surface area contributed by atoms with E-state index in [2.05, 4.69) is 29.0 Å². The van der Waals surface area contributed by atoms with Crippen LogP contribution in [0, 0.1) is 17.8 Å². The Morgan fingerprint density at radius 1 is 1.23 bits per heavy atom. The minimum absolute atomic E-state index is 0.0437. The number of benzene rings is 1. The summed E-state index contributed by atoms with van der Waals surface area (Å²) in [6.45, 7) is 7.96. The number of carbonyl (C=O) groups is 2. The molecule has 4 fully saturated rings. The molecule has 168 valence electrons. The van der Waals surface area contributed by atoms with Gasteiger partial charge >= 0.3 is 0 Å².